The lowest BCUT2D eigenvalue weighted by molar-refractivity contribution is -0.138. The average molecular weight is 270 g/mol. The number of unbranched alkanes of at least 4 members (excludes halogenated alkanes) is 3. The molecule has 0 rings (SSSR count). The van der Waals surface area contributed by atoms with Crippen molar-refractivity contribution in [1.82, 2.24) is 0 Å². The van der Waals surface area contributed by atoms with Crippen LogP contribution in [0.1, 0.15) is 51.4 Å². The highest BCUT2D eigenvalue weighted by molar-refractivity contribution is 5.78. The first-order valence-electron chi connectivity index (χ1n) is 6.59. The second kappa shape index (κ2) is 11.5. The Morgan fingerprint density at radius 2 is 1.79 bits per heavy atom. The molecule has 3 N–H and O–H groups in total. The number of nitrogens with zero attached hydrogens (tertiary/aromatic N) is 3. The number of carbonyl (C=O) groups excluding carboxylic acids is 1. The Morgan fingerprint density at radius 1 is 1.16 bits per heavy atom. The molecule has 0 spiro atoms. The van der Waals surface area contributed by atoms with E-state index in [2.05, 4.69) is 10.0 Å². The van der Waals surface area contributed by atoms with E-state index in [-0.39, 0.29) is 5.78 Å². The van der Waals surface area contributed by atoms with Crippen LogP contribution < -0.4 is 5.73 Å². The van der Waals surface area contributed by atoms with Crippen molar-refractivity contribution in [3.05, 3.63) is 10.4 Å². The summed E-state index contributed by atoms with van der Waals surface area (Å²) in [4.78, 5) is 24.6. The van der Waals surface area contributed by atoms with Crippen LogP contribution in [0, 0.1) is 0 Å². The van der Waals surface area contributed by atoms with Crippen LogP contribution >= 0.6 is 0 Å². The SMILES string of the molecule is [N-]=[N+]=NCCCCC(=O)CCCCC[C@H](N)C(=O)O. The van der Waals surface area contributed by atoms with Gasteiger partial charge in [0, 0.05) is 24.3 Å². The normalized spacial score (nSPS) is 11.6. The standard InChI is InChI=1S/C12H22N4O3/c13-11(12(18)19)8-3-1-2-6-10(17)7-4-5-9-15-16-14/h11H,1-9,13H2,(H,18,19)/t11-/m0/s1. The minimum atomic E-state index is -0.976. The number of carbonyl (C=O) groups is 2. The Kier molecular flexibility index (Phi) is 10.5. The molecule has 0 heterocycles. The van der Waals surface area contributed by atoms with Gasteiger partial charge in [-0.05, 0) is 31.2 Å². The van der Waals surface area contributed by atoms with E-state index in [0.29, 0.717) is 25.8 Å². The fourth-order valence-corrected chi connectivity index (χ4v) is 1.66. The largest absolute Gasteiger partial charge is 0.480 e. The lowest BCUT2D eigenvalue weighted by Crippen LogP contribution is -2.29. The minimum Gasteiger partial charge on any atom is -0.480 e. The first-order chi connectivity index (χ1) is 9.07. The van der Waals surface area contributed by atoms with Crippen molar-refractivity contribution in [2.45, 2.75) is 57.4 Å². The second-order valence-corrected chi connectivity index (χ2v) is 4.49. The maximum Gasteiger partial charge on any atom is 0.320 e. The third-order valence-electron chi connectivity index (χ3n) is 2.81. The summed E-state index contributed by atoms with van der Waals surface area (Å²) in [5.41, 5.74) is 13.4. The molecule has 0 aliphatic rings. The number of carboxylic acids is 1. The van der Waals surface area contributed by atoms with Crippen LogP contribution in [-0.2, 0) is 9.59 Å². The molecule has 0 radical (unpaired) electrons. The Balaban J connectivity index is 3.38. The molecule has 0 aromatic carbocycles. The lowest BCUT2D eigenvalue weighted by atomic mass is 10.0. The summed E-state index contributed by atoms with van der Waals surface area (Å²) in [5.74, 6) is -0.764. The van der Waals surface area contributed by atoms with Crippen molar-refractivity contribution in [2.75, 3.05) is 6.54 Å². The number of hydrogen-bond acceptors (Lipinski definition) is 4. The molecule has 1 atom stereocenters. The summed E-state index contributed by atoms with van der Waals surface area (Å²) in [6.07, 6.45) is 5.34. The van der Waals surface area contributed by atoms with Crippen molar-refractivity contribution in [1.29, 1.82) is 0 Å². The van der Waals surface area contributed by atoms with E-state index in [1.165, 1.54) is 0 Å². The van der Waals surface area contributed by atoms with Crippen LogP contribution in [0.3, 0.4) is 0 Å². The van der Waals surface area contributed by atoms with Crippen molar-refractivity contribution in [3.8, 4) is 0 Å². The molecule has 7 nitrogen and oxygen atoms in total. The Bertz CT molecular complexity index is 327. The molecule has 0 aliphatic carbocycles. The van der Waals surface area contributed by atoms with E-state index >= 15 is 0 Å². The first kappa shape index (κ1) is 17.4. The quantitative estimate of drug-likeness (QED) is 0.244. The van der Waals surface area contributed by atoms with Gasteiger partial charge < -0.3 is 10.8 Å². The van der Waals surface area contributed by atoms with Gasteiger partial charge in [0.2, 0.25) is 0 Å². The maximum atomic E-state index is 11.5. The molecule has 0 unspecified atom stereocenters. The van der Waals surface area contributed by atoms with Gasteiger partial charge in [0.15, 0.2) is 0 Å². The molecule has 108 valence electrons. The van der Waals surface area contributed by atoms with E-state index in [0.717, 1.165) is 32.1 Å². The van der Waals surface area contributed by atoms with Crippen LogP contribution in [0.4, 0.5) is 0 Å². The monoisotopic (exact) mass is 270 g/mol. The van der Waals surface area contributed by atoms with E-state index < -0.39 is 12.0 Å². The minimum absolute atomic E-state index is 0.212. The number of carboxylic acid groups (broad SMARTS) is 1. The van der Waals surface area contributed by atoms with Gasteiger partial charge >= 0.3 is 5.97 Å². The summed E-state index contributed by atoms with van der Waals surface area (Å²) in [6.45, 7) is 0.441. The Labute approximate surface area is 112 Å². The lowest BCUT2D eigenvalue weighted by Gasteiger charge is -2.05. The molecule has 7 heteroatoms. The number of hydrogen-bond donors (Lipinski definition) is 2. The number of azide groups is 1. The summed E-state index contributed by atoms with van der Waals surface area (Å²) in [5, 5.41) is 12.0. The predicted octanol–water partition coefficient (Wildman–Crippen LogP) is 2.40. The number of rotatable bonds is 12. The highest BCUT2D eigenvalue weighted by Crippen LogP contribution is 2.08. The zero-order valence-corrected chi connectivity index (χ0v) is 11.1. The van der Waals surface area contributed by atoms with E-state index in [9.17, 15) is 9.59 Å². The van der Waals surface area contributed by atoms with Crippen LogP contribution in [0.5, 0.6) is 0 Å². The average Bonchev–Trinajstić information content (AvgIpc) is 2.37. The van der Waals surface area contributed by atoms with Gasteiger partial charge in [0.1, 0.15) is 11.8 Å². The molecule has 19 heavy (non-hydrogen) atoms. The topological polar surface area (TPSA) is 129 Å². The first-order valence-corrected chi connectivity index (χ1v) is 6.59. The molecule has 0 amide bonds. The predicted molar refractivity (Wildman–Crippen MR) is 71.6 cm³/mol. The summed E-state index contributed by atoms with van der Waals surface area (Å²) in [6, 6.07) is -0.795. The second-order valence-electron chi connectivity index (χ2n) is 4.49. The smallest absolute Gasteiger partial charge is 0.320 e. The fourth-order valence-electron chi connectivity index (χ4n) is 1.66. The number of Topliss-reactive ketones (excluding diaryl/α,β-unsaturated/α-hetero) is 1. The Morgan fingerprint density at radius 3 is 2.37 bits per heavy atom. The summed E-state index contributed by atoms with van der Waals surface area (Å²) < 4.78 is 0. The van der Waals surface area contributed by atoms with Gasteiger partial charge in [-0.2, -0.15) is 0 Å². The van der Waals surface area contributed by atoms with Crippen LogP contribution in [0.25, 0.3) is 10.4 Å². The van der Waals surface area contributed by atoms with Crippen LogP contribution in [0.2, 0.25) is 0 Å². The van der Waals surface area contributed by atoms with Gasteiger partial charge in [-0.15, -0.1) is 0 Å². The van der Waals surface area contributed by atoms with Gasteiger partial charge in [-0.1, -0.05) is 18.0 Å². The molecule has 0 fully saturated rings. The molecule has 0 saturated heterocycles. The molecule has 0 saturated carbocycles. The van der Waals surface area contributed by atoms with Crippen LogP contribution in [0.15, 0.2) is 5.11 Å². The molecule has 0 aromatic rings. The van der Waals surface area contributed by atoms with Crippen molar-refractivity contribution in [2.24, 2.45) is 10.8 Å². The number of ketones is 1. The van der Waals surface area contributed by atoms with Crippen molar-refractivity contribution < 1.29 is 14.7 Å². The highest BCUT2D eigenvalue weighted by Gasteiger charge is 2.10. The van der Waals surface area contributed by atoms with Gasteiger partial charge in [0.25, 0.3) is 0 Å². The fraction of sp³-hybridized carbons (Fsp3) is 0.833. The van der Waals surface area contributed by atoms with E-state index in [1.54, 1.807) is 0 Å². The molecule has 0 bridgehead atoms. The van der Waals surface area contributed by atoms with Gasteiger partial charge in [-0.3, -0.25) is 9.59 Å². The summed E-state index contributed by atoms with van der Waals surface area (Å²) in [7, 11) is 0. The zero-order chi connectivity index (χ0) is 14.5. The Hall–Kier alpha value is -1.59. The van der Waals surface area contributed by atoms with Crippen molar-refractivity contribution in [3.63, 3.8) is 0 Å². The zero-order valence-electron chi connectivity index (χ0n) is 11.1. The molecular formula is C12H22N4O3. The van der Waals surface area contributed by atoms with Crippen molar-refractivity contribution >= 4 is 11.8 Å². The molecular weight excluding hydrogens is 248 g/mol. The third-order valence-corrected chi connectivity index (χ3v) is 2.81. The van der Waals surface area contributed by atoms with Gasteiger partial charge in [0.05, 0.1) is 0 Å². The number of nitrogens with two attached hydrogens (primary N) is 1. The number of aliphatic carboxylic acids is 1. The van der Waals surface area contributed by atoms with E-state index in [4.69, 9.17) is 16.4 Å². The summed E-state index contributed by atoms with van der Waals surface area (Å²) >= 11 is 0. The highest BCUT2D eigenvalue weighted by atomic mass is 16.4. The van der Waals surface area contributed by atoms with Crippen LogP contribution in [-0.4, -0.2) is 29.4 Å². The molecule has 0 aromatic heterocycles. The third kappa shape index (κ3) is 11.2. The van der Waals surface area contributed by atoms with E-state index in [1.807, 2.05) is 0 Å². The maximum absolute atomic E-state index is 11.5. The van der Waals surface area contributed by atoms with Gasteiger partial charge in [-0.25, -0.2) is 0 Å². The molecule has 0 aliphatic heterocycles.